The number of hydrogen-bond donors (Lipinski definition) is 1. The maximum absolute atomic E-state index is 12.4. The van der Waals surface area contributed by atoms with Gasteiger partial charge in [0.05, 0.1) is 0 Å². The highest BCUT2D eigenvalue weighted by molar-refractivity contribution is 5.99. The summed E-state index contributed by atoms with van der Waals surface area (Å²) in [5.74, 6) is 0.524. The summed E-state index contributed by atoms with van der Waals surface area (Å²) in [5, 5.41) is 2.93. The second-order valence-corrected chi connectivity index (χ2v) is 5.41. The van der Waals surface area contributed by atoms with Gasteiger partial charge in [0, 0.05) is 6.54 Å². The van der Waals surface area contributed by atoms with Crippen LogP contribution < -0.4 is 5.32 Å². The van der Waals surface area contributed by atoms with E-state index in [2.05, 4.69) is 5.32 Å². The molecular weight excluding hydrogens is 216 g/mol. The number of hydrogen-bond acceptors (Lipinski definition) is 2. The van der Waals surface area contributed by atoms with Gasteiger partial charge in [-0.15, -0.1) is 0 Å². The summed E-state index contributed by atoms with van der Waals surface area (Å²) in [6, 6.07) is -0.256. The molecule has 1 heterocycles. The molecule has 0 spiro atoms. The number of nitrogens with zero attached hydrogens (tertiary/aromatic N) is 1. The lowest BCUT2D eigenvalue weighted by Crippen LogP contribution is -2.69. The van der Waals surface area contributed by atoms with Crippen LogP contribution in [0.3, 0.4) is 0 Å². The van der Waals surface area contributed by atoms with E-state index in [9.17, 15) is 9.59 Å². The fraction of sp³-hybridized carbons (Fsp3) is 0.846. The van der Waals surface area contributed by atoms with Gasteiger partial charge < -0.3 is 10.2 Å². The van der Waals surface area contributed by atoms with Crippen molar-refractivity contribution < 1.29 is 9.59 Å². The summed E-state index contributed by atoms with van der Waals surface area (Å²) in [6.07, 6.45) is 3.70. The van der Waals surface area contributed by atoms with Gasteiger partial charge in [-0.2, -0.15) is 0 Å². The van der Waals surface area contributed by atoms with E-state index in [1.807, 2.05) is 20.8 Å². The number of carbonyl (C=O) groups is 2. The Morgan fingerprint density at radius 1 is 1.35 bits per heavy atom. The van der Waals surface area contributed by atoms with Crippen molar-refractivity contribution in [3.05, 3.63) is 0 Å². The molecule has 4 heteroatoms. The molecule has 2 unspecified atom stereocenters. The number of piperazine rings is 1. The second-order valence-electron chi connectivity index (χ2n) is 5.41. The highest BCUT2D eigenvalue weighted by Gasteiger charge is 2.51. The maximum atomic E-state index is 12.4. The summed E-state index contributed by atoms with van der Waals surface area (Å²) >= 11 is 0. The minimum atomic E-state index is -0.654. The van der Waals surface area contributed by atoms with Gasteiger partial charge in [-0.05, 0) is 38.5 Å². The van der Waals surface area contributed by atoms with Crippen molar-refractivity contribution in [2.24, 2.45) is 5.92 Å². The molecule has 17 heavy (non-hydrogen) atoms. The van der Waals surface area contributed by atoms with Crippen LogP contribution in [-0.4, -0.2) is 34.8 Å². The minimum absolute atomic E-state index is 0.0185. The third kappa shape index (κ3) is 1.94. The first-order chi connectivity index (χ1) is 8.04. The third-order valence-electron chi connectivity index (χ3n) is 4.13. The first-order valence-corrected chi connectivity index (χ1v) is 6.67. The molecule has 0 radical (unpaired) electrons. The van der Waals surface area contributed by atoms with Crippen LogP contribution in [0, 0.1) is 5.92 Å². The van der Waals surface area contributed by atoms with Crippen molar-refractivity contribution in [1.82, 2.24) is 10.2 Å². The summed E-state index contributed by atoms with van der Waals surface area (Å²) in [5.41, 5.74) is -0.654. The molecule has 96 valence electrons. The molecule has 1 aliphatic carbocycles. The van der Waals surface area contributed by atoms with Crippen molar-refractivity contribution in [3.63, 3.8) is 0 Å². The second kappa shape index (κ2) is 4.31. The van der Waals surface area contributed by atoms with Gasteiger partial charge in [0.25, 0.3) is 0 Å². The fourth-order valence-electron chi connectivity index (χ4n) is 2.57. The monoisotopic (exact) mass is 238 g/mol. The summed E-state index contributed by atoms with van der Waals surface area (Å²) < 4.78 is 0. The van der Waals surface area contributed by atoms with E-state index < -0.39 is 5.54 Å². The van der Waals surface area contributed by atoms with Crippen molar-refractivity contribution >= 4 is 11.8 Å². The quantitative estimate of drug-likeness (QED) is 0.802. The zero-order chi connectivity index (χ0) is 12.6. The molecule has 1 aliphatic heterocycles. The standard InChI is InChI=1S/C13H22N2O2/c1-4-8-15-11(16)10(9-6-7-9)14-12(17)13(15,3)5-2/h9-10H,4-8H2,1-3H3,(H,14,17). The van der Waals surface area contributed by atoms with Gasteiger partial charge >= 0.3 is 0 Å². The Morgan fingerprint density at radius 2 is 2.00 bits per heavy atom. The highest BCUT2D eigenvalue weighted by atomic mass is 16.2. The molecule has 0 aromatic rings. The Hall–Kier alpha value is -1.06. The zero-order valence-corrected chi connectivity index (χ0v) is 11.0. The highest BCUT2D eigenvalue weighted by Crippen LogP contribution is 2.37. The number of nitrogens with one attached hydrogen (secondary N) is 1. The Labute approximate surface area is 103 Å². The minimum Gasteiger partial charge on any atom is -0.342 e. The molecular formula is C13H22N2O2. The predicted octanol–water partition coefficient (Wildman–Crippen LogP) is 1.30. The zero-order valence-electron chi connectivity index (χ0n) is 11.0. The summed E-state index contributed by atoms with van der Waals surface area (Å²) in [6.45, 7) is 6.56. The molecule has 1 N–H and O–H groups in total. The molecule has 2 atom stereocenters. The van der Waals surface area contributed by atoms with Crippen LogP contribution in [0.1, 0.15) is 46.5 Å². The molecule has 2 fully saturated rings. The lowest BCUT2D eigenvalue weighted by Gasteiger charge is -2.46. The van der Waals surface area contributed by atoms with Gasteiger partial charge in [0.15, 0.2) is 0 Å². The molecule has 2 amide bonds. The number of carbonyl (C=O) groups excluding carboxylic acids is 2. The van der Waals surface area contributed by atoms with Crippen molar-refractivity contribution in [2.75, 3.05) is 6.54 Å². The van der Waals surface area contributed by atoms with Crippen LogP contribution in [0.2, 0.25) is 0 Å². The predicted molar refractivity (Wildman–Crippen MR) is 65.4 cm³/mol. The molecule has 1 saturated carbocycles. The Bertz CT molecular complexity index is 338. The molecule has 4 nitrogen and oxygen atoms in total. The molecule has 2 aliphatic rings. The van der Waals surface area contributed by atoms with Crippen LogP contribution >= 0.6 is 0 Å². The van der Waals surface area contributed by atoms with E-state index in [-0.39, 0.29) is 17.9 Å². The van der Waals surface area contributed by atoms with E-state index >= 15 is 0 Å². The van der Waals surface area contributed by atoms with Crippen molar-refractivity contribution in [2.45, 2.75) is 58.0 Å². The molecule has 0 aromatic heterocycles. The average Bonchev–Trinajstić information content (AvgIpc) is 3.13. The van der Waals surface area contributed by atoms with Crippen molar-refractivity contribution in [1.29, 1.82) is 0 Å². The SMILES string of the molecule is CCCN1C(=O)C(C2CC2)NC(=O)C1(C)CC. The molecule has 0 aromatic carbocycles. The lowest BCUT2D eigenvalue weighted by molar-refractivity contribution is -0.157. The Morgan fingerprint density at radius 3 is 2.47 bits per heavy atom. The van der Waals surface area contributed by atoms with E-state index in [4.69, 9.17) is 0 Å². The van der Waals surface area contributed by atoms with Crippen LogP contribution in [-0.2, 0) is 9.59 Å². The van der Waals surface area contributed by atoms with Crippen LogP contribution in [0.15, 0.2) is 0 Å². The number of rotatable bonds is 4. The summed E-state index contributed by atoms with van der Waals surface area (Å²) in [4.78, 5) is 26.4. The molecule has 1 saturated heterocycles. The average molecular weight is 238 g/mol. The van der Waals surface area contributed by atoms with Gasteiger partial charge in [-0.25, -0.2) is 0 Å². The van der Waals surface area contributed by atoms with Crippen LogP contribution in [0.5, 0.6) is 0 Å². The van der Waals surface area contributed by atoms with E-state index in [0.717, 1.165) is 19.3 Å². The van der Waals surface area contributed by atoms with Gasteiger partial charge in [0.2, 0.25) is 11.8 Å². The largest absolute Gasteiger partial charge is 0.342 e. The van der Waals surface area contributed by atoms with E-state index in [0.29, 0.717) is 18.9 Å². The van der Waals surface area contributed by atoms with Gasteiger partial charge in [0.1, 0.15) is 11.6 Å². The smallest absolute Gasteiger partial charge is 0.246 e. The first kappa shape index (κ1) is 12.4. The maximum Gasteiger partial charge on any atom is 0.246 e. The Balaban J connectivity index is 2.25. The summed E-state index contributed by atoms with van der Waals surface area (Å²) in [7, 11) is 0. The fourth-order valence-corrected chi connectivity index (χ4v) is 2.57. The van der Waals surface area contributed by atoms with Crippen LogP contribution in [0.4, 0.5) is 0 Å². The first-order valence-electron chi connectivity index (χ1n) is 6.67. The third-order valence-corrected chi connectivity index (χ3v) is 4.13. The van der Waals surface area contributed by atoms with Crippen molar-refractivity contribution in [3.8, 4) is 0 Å². The number of amides is 2. The van der Waals surface area contributed by atoms with E-state index in [1.165, 1.54) is 0 Å². The van der Waals surface area contributed by atoms with E-state index in [1.54, 1.807) is 4.90 Å². The normalized spacial score (nSPS) is 33.8. The van der Waals surface area contributed by atoms with Crippen LogP contribution in [0.25, 0.3) is 0 Å². The Kier molecular flexibility index (Phi) is 3.15. The van der Waals surface area contributed by atoms with Gasteiger partial charge in [-0.1, -0.05) is 13.8 Å². The lowest BCUT2D eigenvalue weighted by atomic mass is 9.89. The van der Waals surface area contributed by atoms with Gasteiger partial charge in [-0.3, -0.25) is 9.59 Å². The molecule has 0 bridgehead atoms. The molecule has 2 rings (SSSR count). The topological polar surface area (TPSA) is 49.4 Å².